The van der Waals surface area contributed by atoms with E-state index < -0.39 is 10.0 Å². The molecule has 1 amide bonds. The number of nitrogens with one attached hydrogen (secondary N) is 2. The van der Waals surface area contributed by atoms with E-state index in [2.05, 4.69) is 19.8 Å². The molecular formula is C29H34ClN5O6S2. The molecule has 1 saturated heterocycles. The van der Waals surface area contributed by atoms with Gasteiger partial charge in [0.15, 0.2) is 5.13 Å². The highest BCUT2D eigenvalue weighted by molar-refractivity contribution is 7.92. The number of rotatable bonds is 11. The van der Waals surface area contributed by atoms with Crippen LogP contribution in [0.25, 0.3) is 10.2 Å². The number of ether oxygens (including phenoxy) is 3. The lowest BCUT2D eigenvalue weighted by atomic mass is 10.1. The molecular weight excluding hydrogens is 614 g/mol. The first-order valence-electron chi connectivity index (χ1n) is 13.4. The van der Waals surface area contributed by atoms with Gasteiger partial charge in [-0.05, 0) is 48.5 Å². The molecule has 1 aliphatic rings. The Morgan fingerprint density at radius 2 is 1.58 bits per heavy atom. The van der Waals surface area contributed by atoms with Gasteiger partial charge < -0.3 is 24.4 Å². The van der Waals surface area contributed by atoms with E-state index in [0.29, 0.717) is 18.8 Å². The lowest BCUT2D eigenvalue weighted by Crippen LogP contribution is -2.48. The van der Waals surface area contributed by atoms with Gasteiger partial charge in [0.05, 0.1) is 37.5 Å². The Morgan fingerprint density at radius 1 is 0.907 bits per heavy atom. The van der Waals surface area contributed by atoms with Gasteiger partial charge in [0.25, 0.3) is 15.9 Å². The number of nitrogens with zero attached hydrogens (tertiary/aromatic N) is 3. The minimum atomic E-state index is -3.89. The molecule has 1 aliphatic heterocycles. The molecule has 2 N–H and O–H groups in total. The fraction of sp³-hybridized carbons (Fsp3) is 0.310. The van der Waals surface area contributed by atoms with Crippen molar-refractivity contribution in [3.63, 3.8) is 0 Å². The van der Waals surface area contributed by atoms with E-state index >= 15 is 0 Å². The van der Waals surface area contributed by atoms with Crippen molar-refractivity contribution in [2.24, 2.45) is 0 Å². The zero-order chi connectivity index (χ0) is 29.7. The summed E-state index contributed by atoms with van der Waals surface area (Å²) >= 11 is 1.59. The first kappa shape index (κ1) is 32.1. The Kier molecular flexibility index (Phi) is 10.6. The van der Waals surface area contributed by atoms with Crippen molar-refractivity contribution in [3.05, 3.63) is 66.2 Å². The summed E-state index contributed by atoms with van der Waals surface area (Å²) in [4.78, 5) is 22.5. The topological polar surface area (TPSA) is 122 Å². The highest BCUT2D eigenvalue weighted by Crippen LogP contribution is 2.40. The number of anilines is 2. The summed E-state index contributed by atoms with van der Waals surface area (Å²) in [6.07, 6.45) is 0. The lowest BCUT2D eigenvalue weighted by molar-refractivity contribution is 0.0948. The monoisotopic (exact) mass is 647 g/mol. The molecule has 0 radical (unpaired) electrons. The summed E-state index contributed by atoms with van der Waals surface area (Å²) in [5.74, 6) is 1.70. The maximum Gasteiger partial charge on any atom is 0.261 e. The molecule has 2 heterocycles. The second-order valence-corrected chi connectivity index (χ2v) is 12.2. The smallest absolute Gasteiger partial charge is 0.261 e. The molecule has 0 saturated carbocycles. The van der Waals surface area contributed by atoms with Crippen LogP contribution in [0.15, 0.2) is 65.6 Å². The second kappa shape index (κ2) is 14.1. The van der Waals surface area contributed by atoms with Crippen molar-refractivity contribution < 1.29 is 27.4 Å². The minimum absolute atomic E-state index is 0. The van der Waals surface area contributed by atoms with E-state index in [1.807, 2.05) is 12.1 Å². The molecule has 14 heteroatoms. The highest BCUT2D eigenvalue weighted by Gasteiger charge is 2.23. The van der Waals surface area contributed by atoms with Gasteiger partial charge >= 0.3 is 0 Å². The van der Waals surface area contributed by atoms with Crippen LogP contribution in [0.1, 0.15) is 10.4 Å². The number of thiazole rings is 1. The Labute approximate surface area is 261 Å². The number of benzene rings is 3. The van der Waals surface area contributed by atoms with Crippen LogP contribution in [0.5, 0.6) is 17.2 Å². The molecule has 43 heavy (non-hydrogen) atoms. The maximum atomic E-state index is 13.0. The lowest BCUT2D eigenvalue weighted by Gasteiger charge is -2.34. The average molecular weight is 648 g/mol. The van der Waals surface area contributed by atoms with E-state index in [-0.39, 0.29) is 34.5 Å². The number of carbonyl (C=O) groups excluding carboxylic acids is 1. The number of fused-ring (bicyclic) bond motifs is 1. The number of hydrogen-bond donors (Lipinski definition) is 2. The number of hydrogen-bond acceptors (Lipinski definition) is 10. The third-order valence-electron chi connectivity index (χ3n) is 7.04. The van der Waals surface area contributed by atoms with Gasteiger partial charge in [-0.1, -0.05) is 23.5 Å². The van der Waals surface area contributed by atoms with Crippen molar-refractivity contribution in [3.8, 4) is 17.2 Å². The third-order valence-corrected chi connectivity index (χ3v) is 9.55. The first-order chi connectivity index (χ1) is 20.3. The van der Waals surface area contributed by atoms with Crippen molar-refractivity contribution in [1.82, 2.24) is 15.2 Å². The zero-order valence-electron chi connectivity index (χ0n) is 24.0. The summed E-state index contributed by atoms with van der Waals surface area (Å²) in [7, 11) is 0.904. The number of sulfonamides is 1. The van der Waals surface area contributed by atoms with Crippen LogP contribution in [0.4, 0.5) is 10.8 Å². The van der Waals surface area contributed by atoms with E-state index in [1.165, 1.54) is 19.2 Å². The number of methoxy groups -OCH3 is 3. The van der Waals surface area contributed by atoms with Crippen LogP contribution in [0, 0.1) is 0 Å². The number of piperazine rings is 1. The number of aromatic nitrogens is 1. The van der Waals surface area contributed by atoms with E-state index in [1.54, 1.807) is 62.0 Å². The molecule has 0 aliphatic carbocycles. The Morgan fingerprint density at radius 3 is 2.26 bits per heavy atom. The molecule has 4 aromatic rings. The normalized spacial score (nSPS) is 13.7. The Hall–Kier alpha value is -3.78. The number of carbonyl (C=O) groups is 1. The Bertz CT molecular complexity index is 1620. The summed E-state index contributed by atoms with van der Waals surface area (Å²) in [6.45, 7) is 4.33. The standard InChI is InChI=1S/C29H33N5O6S2.ClH/c1-38-20-8-10-21(11-9-20)42(36,37)32-23-7-5-4-6-22(23)28(35)30-14-15-33-16-18-34(19-17-33)29-31-26-24(39-2)12-13-25(40-3)27(26)41-29;/h4-13,32H,14-19H2,1-3H3,(H,30,35);1H. The molecule has 0 unspecified atom stereocenters. The number of para-hydroxylation sites is 1. The summed E-state index contributed by atoms with van der Waals surface area (Å²) in [6, 6.07) is 16.4. The van der Waals surface area contributed by atoms with Gasteiger partial charge in [0.1, 0.15) is 27.5 Å². The largest absolute Gasteiger partial charge is 0.497 e. The molecule has 1 aromatic heterocycles. The SMILES string of the molecule is COc1ccc(S(=O)(=O)Nc2ccccc2C(=O)NCCN2CCN(c3nc4c(OC)ccc(OC)c4s3)CC2)cc1.Cl. The van der Waals surface area contributed by atoms with Gasteiger partial charge in [-0.2, -0.15) is 0 Å². The predicted octanol–water partition coefficient (Wildman–Crippen LogP) is 4.10. The minimum Gasteiger partial charge on any atom is -0.497 e. The molecule has 11 nitrogen and oxygen atoms in total. The zero-order valence-corrected chi connectivity index (χ0v) is 26.5. The van der Waals surface area contributed by atoms with Crippen molar-refractivity contribution in [1.29, 1.82) is 0 Å². The van der Waals surface area contributed by atoms with Crippen LogP contribution in [-0.2, 0) is 10.0 Å². The second-order valence-electron chi connectivity index (χ2n) is 9.56. The molecule has 0 bridgehead atoms. The molecule has 3 aromatic carbocycles. The first-order valence-corrected chi connectivity index (χ1v) is 15.7. The quantitative estimate of drug-likeness (QED) is 0.248. The van der Waals surface area contributed by atoms with Crippen molar-refractivity contribution in [2.75, 3.05) is 70.2 Å². The fourth-order valence-corrected chi connectivity index (χ4v) is 6.93. The van der Waals surface area contributed by atoms with Gasteiger partial charge in [-0.25, -0.2) is 13.4 Å². The molecule has 1 fully saturated rings. The third kappa shape index (κ3) is 7.24. The molecule has 230 valence electrons. The van der Waals surface area contributed by atoms with Gasteiger partial charge in [-0.3, -0.25) is 14.4 Å². The Balaban J connectivity index is 0.00000423. The number of amides is 1. The van der Waals surface area contributed by atoms with Gasteiger partial charge in [-0.15, -0.1) is 12.4 Å². The maximum absolute atomic E-state index is 13.0. The molecule has 0 spiro atoms. The van der Waals surface area contributed by atoms with Crippen LogP contribution >= 0.6 is 23.7 Å². The van der Waals surface area contributed by atoms with Crippen molar-refractivity contribution in [2.45, 2.75) is 4.90 Å². The van der Waals surface area contributed by atoms with Crippen LogP contribution in [-0.4, -0.2) is 84.8 Å². The summed E-state index contributed by atoms with van der Waals surface area (Å²) < 4.78 is 45.5. The van der Waals surface area contributed by atoms with E-state index in [4.69, 9.17) is 19.2 Å². The average Bonchev–Trinajstić information content (AvgIpc) is 3.47. The molecule has 0 atom stereocenters. The highest BCUT2D eigenvalue weighted by atomic mass is 35.5. The van der Waals surface area contributed by atoms with Crippen LogP contribution in [0.3, 0.4) is 0 Å². The summed E-state index contributed by atoms with van der Waals surface area (Å²) in [5, 5.41) is 3.86. The van der Waals surface area contributed by atoms with Crippen LogP contribution in [0.2, 0.25) is 0 Å². The summed E-state index contributed by atoms with van der Waals surface area (Å²) in [5.41, 5.74) is 1.26. The van der Waals surface area contributed by atoms with Crippen LogP contribution < -0.4 is 29.1 Å². The van der Waals surface area contributed by atoms with Gasteiger partial charge in [0, 0.05) is 39.3 Å². The van der Waals surface area contributed by atoms with E-state index in [9.17, 15) is 13.2 Å². The predicted molar refractivity (Wildman–Crippen MR) is 171 cm³/mol. The van der Waals surface area contributed by atoms with E-state index in [0.717, 1.165) is 53.0 Å². The molecule has 5 rings (SSSR count). The fourth-order valence-electron chi connectivity index (χ4n) is 4.72. The number of halogens is 1. The van der Waals surface area contributed by atoms with Crippen molar-refractivity contribution >= 4 is 60.7 Å². The van der Waals surface area contributed by atoms with Gasteiger partial charge in [0.2, 0.25) is 0 Å².